The molecule has 0 atom stereocenters. The fraction of sp³-hybridized carbons (Fsp3) is 0.0526. The zero-order valence-corrected chi connectivity index (χ0v) is 15.5. The van der Waals surface area contributed by atoms with Crippen molar-refractivity contribution in [1.82, 2.24) is 9.38 Å². The summed E-state index contributed by atoms with van der Waals surface area (Å²) < 4.78 is 6.91. The van der Waals surface area contributed by atoms with E-state index in [4.69, 9.17) is 4.74 Å². The van der Waals surface area contributed by atoms with Gasteiger partial charge in [-0.15, -0.1) is 11.3 Å². The van der Waals surface area contributed by atoms with Gasteiger partial charge >= 0.3 is 0 Å². The minimum absolute atomic E-state index is 0.144. The SMILES string of the molecule is COc1cccc(-c2cn3c(C(=O)Nc4ccccc4[N+](=O)[O-])csc3n2)c1. The largest absolute Gasteiger partial charge is 0.497 e. The van der Waals surface area contributed by atoms with Crippen LogP contribution in [-0.2, 0) is 0 Å². The molecule has 140 valence electrons. The highest BCUT2D eigenvalue weighted by atomic mass is 32.1. The van der Waals surface area contributed by atoms with E-state index in [1.807, 2.05) is 24.3 Å². The lowest BCUT2D eigenvalue weighted by Gasteiger charge is -2.05. The van der Waals surface area contributed by atoms with Crippen LogP contribution in [0.3, 0.4) is 0 Å². The van der Waals surface area contributed by atoms with Crippen molar-refractivity contribution in [2.75, 3.05) is 12.4 Å². The van der Waals surface area contributed by atoms with Crippen LogP contribution in [0.2, 0.25) is 0 Å². The van der Waals surface area contributed by atoms with Crippen LogP contribution in [0.4, 0.5) is 11.4 Å². The van der Waals surface area contributed by atoms with E-state index in [1.165, 1.54) is 23.5 Å². The first-order valence-electron chi connectivity index (χ1n) is 8.22. The molecule has 0 spiro atoms. The molecule has 28 heavy (non-hydrogen) atoms. The number of carbonyl (C=O) groups excluding carboxylic acids is 1. The smallest absolute Gasteiger partial charge is 0.292 e. The van der Waals surface area contributed by atoms with Crippen LogP contribution in [0.25, 0.3) is 16.2 Å². The van der Waals surface area contributed by atoms with Crippen molar-refractivity contribution in [2.24, 2.45) is 0 Å². The quantitative estimate of drug-likeness (QED) is 0.403. The van der Waals surface area contributed by atoms with Gasteiger partial charge in [-0.05, 0) is 18.2 Å². The molecule has 4 rings (SSSR count). The number of hydrogen-bond acceptors (Lipinski definition) is 6. The third-order valence-electron chi connectivity index (χ3n) is 4.16. The Morgan fingerprint density at radius 3 is 2.86 bits per heavy atom. The number of benzene rings is 2. The number of nitro groups is 1. The topological polar surface area (TPSA) is 98.8 Å². The zero-order valence-electron chi connectivity index (χ0n) is 14.7. The molecule has 9 heteroatoms. The number of imidazole rings is 1. The number of fused-ring (bicyclic) bond motifs is 1. The van der Waals surface area contributed by atoms with Gasteiger partial charge in [0.15, 0.2) is 4.96 Å². The Morgan fingerprint density at radius 1 is 1.25 bits per heavy atom. The second-order valence-corrected chi connectivity index (χ2v) is 6.70. The van der Waals surface area contributed by atoms with Gasteiger partial charge in [0.1, 0.15) is 17.1 Å². The molecule has 0 radical (unpaired) electrons. The summed E-state index contributed by atoms with van der Waals surface area (Å²) >= 11 is 1.31. The van der Waals surface area contributed by atoms with E-state index in [0.717, 1.165) is 5.56 Å². The Labute approximate surface area is 163 Å². The van der Waals surface area contributed by atoms with Crippen molar-refractivity contribution in [3.63, 3.8) is 0 Å². The minimum Gasteiger partial charge on any atom is -0.497 e. The molecular weight excluding hydrogens is 380 g/mol. The van der Waals surface area contributed by atoms with E-state index >= 15 is 0 Å². The molecule has 0 unspecified atom stereocenters. The van der Waals surface area contributed by atoms with Crippen LogP contribution < -0.4 is 10.1 Å². The number of nitro benzene ring substituents is 1. The van der Waals surface area contributed by atoms with Crippen LogP contribution in [0, 0.1) is 10.1 Å². The number of anilines is 1. The maximum Gasteiger partial charge on any atom is 0.292 e. The van der Waals surface area contributed by atoms with E-state index in [0.29, 0.717) is 22.1 Å². The molecule has 1 amide bonds. The van der Waals surface area contributed by atoms with E-state index in [1.54, 1.807) is 35.2 Å². The fourth-order valence-corrected chi connectivity index (χ4v) is 3.65. The average Bonchev–Trinajstić information content (AvgIpc) is 3.29. The van der Waals surface area contributed by atoms with Gasteiger partial charge in [0, 0.05) is 23.2 Å². The molecule has 1 N–H and O–H groups in total. The molecule has 0 aliphatic carbocycles. The first kappa shape index (κ1) is 17.7. The maximum absolute atomic E-state index is 12.7. The maximum atomic E-state index is 12.7. The second kappa shape index (κ2) is 7.12. The molecular formula is C19H14N4O4S. The highest BCUT2D eigenvalue weighted by Crippen LogP contribution is 2.28. The Hall–Kier alpha value is -3.72. The lowest BCUT2D eigenvalue weighted by atomic mass is 10.1. The van der Waals surface area contributed by atoms with Crippen LogP contribution in [-0.4, -0.2) is 27.3 Å². The summed E-state index contributed by atoms with van der Waals surface area (Å²) in [6, 6.07) is 13.5. The number of para-hydroxylation sites is 2. The van der Waals surface area contributed by atoms with Gasteiger partial charge in [-0.25, -0.2) is 4.98 Å². The molecule has 8 nitrogen and oxygen atoms in total. The van der Waals surface area contributed by atoms with Gasteiger partial charge in [-0.1, -0.05) is 24.3 Å². The van der Waals surface area contributed by atoms with Crippen molar-refractivity contribution in [3.05, 3.63) is 75.9 Å². The monoisotopic (exact) mass is 394 g/mol. The Morgan fingerprint density at radius 2 is 2.07 bits per heavy atom. The number of amides is 1. The van der Waals surface area contributed by atoms with Crippen LogP contribution in [0.5, 0.6) is 5.75 Å². The van der Waals surface area contributed by atoms with Gasteiger partial charge in [0.25, 0.3) is 11.6 Å². The van der Waals surface area contributed by atoms with E-state index in [-0.39, 0.29) is 11.4 Å². The Bertz CT molecular complexity index is 1200. The number of nitrogens with zero attached hydrogens (tertiary/aromatic N) is 3. The summed E-state index contributed by atoms with van der Waals surface area (Å²) in [5.41, 5.74) is 1.89. The predicted octanol–water partition coefficient (Wildman–Crippen LogP) is 4.23. The number of methoxy groups -OCH3 is 1. The summed E-state index contributed by atoms with van der Waals surface area (Å²) in [7, 11) is 1.59. The van der Waals surface area contributed by atoms with Crippen molar-refractivity contribution in [3.8, 4) is 17.0 Å². The standard InChI is InChI=1S/C19H14N4O4S/c1-27-13-6-4-5-12(9-13)15-10-22-17(11-28-19(22)21-15)18(24)20-14-7-2-3-8-16(14)23(25)26/h2-11H,1H3,(H,20,24). The third kappa shape index (κ3) is 3.19. The van der Waals surface area contributed by atoms with Crippen molar-refractivity contribution in [1.29, 1.82) is 0 Å². The number of aromatic nitrogens is 2. The summed E-state index contributed by atoms with van der Waals surface area (Å²) in [4.78, 5) is 28.5. The number of thiazole rings is 1. The average molecular weight is 394 g/mol. The van der Waals surface area contributed by atoms with E-state index in [2.05, 4.69) is 10.3 Å². The predicted molar refractivity (Wildman–Crippen MR) is 106 cm³/mol. The second-order valence-electron chi connectivity index (χ2n) is 5.86. The van der Waals surface area contributed by atoms with Gasteiger partial charge in [-0.3, -0.25) is 19.3 Å². The Balaban J connectivity index is 1.67. The van der Waals surface area contributed by atoms with Gasteiger partial charge < -0.3 is 10.1 Å². The zero-order chi connectivity index (χ0) is 19.7. The third-order valence-corrected chi connectivity index (χ3v) is 5.00. The summed E-state index contributed by atoms with van der Waals surface area (Å²) in [5.74, 6) is 0.262. The van der Waals surface area contributed by atoms with Crippen molar-refractivity contribution in [2.45, 2.75) is 0 Å². The first-order chi connectivity index (χ1) is 13.6. The van der Waals surface area contributed by atoms with E-state index in [9.17, 15) is 14.9 Å². The highest BCUT2D eigenvalue weighted by molar-refractivity contribution is 7.15. The number of carbonyl (C=O) groups is 1. The summed E-state index contributed by atoms with van der Waals surface area (Å²) in [6.07, 6.45) is 1.76. The van der Waals surface area contributed by atoms with Crippen LogP contribution in [0.15, 0.2) is 60.1 Å². The lowest BCUT2D eigenvalue weighted by Crippen LogP contribution is -2.14. The molecule has 0 saturated carbocycles. The van der Waals surface area contributed by atoms with Crippen molar-refractivity contribution >= 4 is 33.6 Å². The highest BCUT2D eigenvalue weighted by Gasteiger charge is 2.19. The molecule has 0 aliphatic rings. The number of rotatable bonds is 5. The van der Waals surface area contributed by atoms with Gasteiger partial charge in [-0.2, -0.15) is 0 Å². The van der Waals surface area contributed by atoms with Crippen LogP contribution in [0.1, 0.15) is 10.5 Å². The molecule has 4 aromatic rings. The van der Waals surface area contributed by atoms with Gasteiger partial charge in [0.2, 0.25) is 0 Å². The molecule has 0 fully saturated rings. The Kier molecular flexibility index (Phi) is 4.50. The molecule has 2 aromatic carbocycles. The first-order valence-corrected chi connectivity index (χ1v) is 9.10. The van der Waals surface area contributed by atoms with Gasteiger partial charge in [0.05, 0.1) is 17.7 Å². The lowest BCUT2D eigenvalue weighted by molar-refractivity contribution is -0.383. The molecule has 0 saturated heterocycles. The molecule has 0 aliphatic heterocycles. The number of nitrogens with one attached hydrogen (secondary N) is 1. The normalized spacial score (nSPS) is 10.8. The fourth-order valence-electron chi connectivity index (χ4n) is 2.79. The molecule has 0 bridgehead atoms. The number of hydrogen-bond donors (Lipinski definition) is 1. The molecule has 2 heterocycles. The molecule has 2 aromatic heterocycles. The van der Waals surface area contributed by atoms with Crippen molar-refractivity contribution < 1.29 is 14.5 Å². The minimum atomic E-state index is -0.531. The summed E-state index contributed by atoms with van der Waals surface area (Å²) in [5, 5.41) is 15.4. The summed E-state index contributed by atoms with van der Waals surface area (Å²) in [6.45, 7) is 0. The number of ether oxygens (including phenoxy) is 1. The van der Waals surface area contributed by atoms with E-state index < -0.39 is 10.8 Å². The van der Waals surface area contributed by atoms with Crippen LogP contribution >= 0.6 is 11.3 Å².